The van der Waals surface area contributed by atoms with Crippen LogP contribution in [-0.2, 0) is 12.0 Å². The summed E-state index contributed by atoms with van der Waals surface area (Å²) in [6, 6.07) is 8.88. The molecule has 2 heterocycles. The minimum Gasteiger partial charge on any atom is -0.455 e. The van der Waals surface area contributed by atoms with Gasteiger partial charge in [0.15, 0.2) is 5.76 Å². The van der Waals surface area contributed by atoms with E-state index in [1.807, 2.05) is 39.0 Å². The summed E-state index contributed by atoms with van der Waals surface area (Å²) in [7, 11) is 0. The highest BCUT2D eigenvalue weighted by Gasteiger charge is 2.25. The monoisotopic (exact) mass is 325 g/mol. The van der Waals surface area contributed by atoms with Crippen LogP contribution in [0.1, 0.15) is 42.6 Å². The molecule has 6 heteroatoms. The molecule has 0 bridgehead atoms. The van der Waals surface area contributed by atoms with Crippen LogP contribution in [-0.4, -0.2) is 15.7 Å². The number of hydrogen-bond acceptors (Lipinski definition) is 4. The van der Waals surface area contributed by atoms with Gasteiger partial charge in [0.05, 0.1) is 18.1 Å². The summed E-state index contributed by atoms with van der Waals surface area (Å²) in [6.45, 7) is 6.12. The number of primary amides is 1. The van der Waals surface area contributed by atoms with E-state index in [0.29, 0.717) is 11.1 Å². The highest BCUT2D eigenvalue weighted by atomic mass is 16.4. The van der Waals surface area contributed by atoms with E-state index < -0.39 is 5.91 Å². The Labute approximate surface area is 138 Å². The van der Waals surface area contributed by atoms with Gasteiger partial charge in [-0.05, 0) is 12.1 Å². The normalized spacial score (nSPS) is 11.8. The van der Waals surface area contributed by atoms with Crippen LogP contribution in [0, 0.1) is 0 Å². The summed E-state index contributed by atoms with van der Waals surface area (Å²) in [5.41, 5.74) is 5.53. The molecule has 2 aromatic heterocycles. The van der Waals surface area contributed by atoms with E-state index in [1.54, 1.807) is 18.3 Å². The standard InChI is InChI=1S/C18H19N3O3/c1-18(2,3)15-12(8-14(24-15)16(19)22)10-21-17(23)13-7-5-4-6-11(13)9-20-21/h4-9H,10H2,1-3H3,(H2,19,22). The highest BCUT2D eigenvalue weighted by molar-refractivity contribution is 5.90. The number of aromatic nitrogens is 2. The molecule has 0 saturated heterocycles. The zero-order chi connectivity index (χ0) is 17.5. The maximum atomic E-state index is 12.6. The second kappa shape index (κ2) is 5.63. The van der Waals surface area contributed by atoms with E-state index in [0.717, 1.165) is 10.9 Å². The number of hydrogen-bond donors (Lipinski definition) is 1. The number of rotatable bonds is 3. The van der Waals surface area contributed by atoms with Crippen LogP contribution in [0.15, 0.2) is 45.7 Å². The van der Waals surface area contributed by atoms with E-state index in [2.05, 4.69) is 5.10 Å². The molecule has 0 aliphatic heterocycles. The Balaban J connectivity index is 2.10. The Hall–Kier alpha value is -2.89. The summed E-state index contributed by atoms with van der Waals surface area (Å²) in [5.74, 6) is 0.0764. The molecule has 0 saturated carbocycles. The van der Waals surface area contributed by atoms with Crippen LogP contribution in [0.2, 0.25) is 0 Å². The molecule has 0 aliphatic carbocycles. The van der Waals surface area contributed by atoms with Crippen molar-refractivity contribution in [2.24, 2.45) is 5.73 Å². The average molecular weight is 325 g/mol. The molecule has 0 fully saturated rings. The Kier molecular flexibility index (Phi) is 3.75. The first kappa shape index (κ1) is 16.0. The van der Waals surface area contributed by atoms with Crippen molar-refractivity contribution in [3.8, 4) is 0 Å². The lowest BCUT2D eigenvalue weighted by Gasteiger charge is -2.17. The lowest BCUT2D eigenvalue weighted by atomic mass is 9.90. The molecule has 1 amide bonds. The number of carbonyl (C=O) groups excluding carboxylic acids is 1. The number of carbonyl (C=O) groups is 1. The van der Waals surface area contributed by atoms with E-state index in [4.69, 9.17) is 10.2 Å². The van der Waals surface area contributed by atoms with Gasteiger partial charge in [-0.15, -0.1) is 0 Å². The molecule has 124 valence electrons. The third kappa shape index (κ3) is 2.82. The summed E-state index contributed by atoms with van der Waals surface area (Å²) in [5, 5.41) is 5.62. The first-order chi connectivity index (χ1) is 11.3. The average Bonchev–Trinajstić information content (AvgIpc) is 2.95. The van der Waals surface area contributed by atoms with Crippen molar-refractivity contribution in [2.75, 3.05) is 0 Å². The second-order valence-corrected chi connectivity index (χ2v) is 6.77. The second-order valence-electron chi connectivity index (χ2n) is 6.77. The van der Waals surface area contributed by atoms with Crippen molar-refractivity contribution >= 4 is 16.7 Å². The Morgan fingerprint density at radius 3 is 2.67 bits per heavy atom. The van der Waals surface area contributed by atoms with Crippen molar-refractivity contribution in [1.82, 2.24) is 9.78 Å². The molecule has 0 radical (unpaired) electrons. The van der Waals surface area contributed by atoms with Gasteiger partial charge in [0, 0.05) is 16.4 Å². The molecule has 24 heavy (non-hydrogen) atoms. The van der Waals surface area contributed by atoms with Gasteiger partial charge in [0.25, 0.3) is 11.5 Å². The lowest BCUT2D eigenvalue weighted by molar-refractivity contribution is 0.0970. The highest BCUT2D eigenvalue weighted by Crippen LogP contribution is 2.29. The van der Waals surface area contributed by atoms with Gasteiger partial charge in [0.1, 0.15) is 5.76 Å². The first-order valence-corrected chi connectivity index (χ1v) is 7.65. The van der Waals surface area contributed by atoms with Crippen molar-refractivity contribution in [1.29, 1.82) is 0 Å². The zero-order valence-corrected chi connectivity index (χ0v) is 13.9. The molecule has 0 aliphatic rings. The van der Waals surface area contributed by atoms with Crippen molar-refractivity contribution in [3.63, 3.8) is 0 Å². The van der Waals surface area contributed by atoms with Crippen LogP contribution in [0.5, 0.6) is 0 Å². The van der Waals surface area contributed by atoms with Gasteiger partial charge >= 0.3 is 0 Å². The molecule has 0 atom stereocenters. The maximum Gasteiger partial charge on any atom is 0.284 e. The number of nitrogens with zero attached hydrogens (tertiary/aromatic N) is 2. The Bertz CT molecular complexity index is 977. The molecular weight excluding hydrogens is 306 g/mol. The van der Waals surface area contributed by atoms with E-state index in [-0.39, 0.29) is 23.3 Å². The van der Waals surface area contributed by atoms with Crippen LogP contribution in [0.4, 0.5) is 0 Å². The molecule has 3 rings (SSSR count). The van der Waals surface area contributed by atoms with Crippen LogP contribution < -0.4 is 11.3 Å². The topological polar surface area (TPSA) is 91.1 Å². The third-order valence-corrected chi connectivity index (χ3v) is 3.81. The minimum atomic E-state index is -0.634. The van der Waals surface area contributed by atoms with Gasteiger partial charge in [-0.3, -0.25) is 9.59 Å². The van der Waals surface area contributed by atoms with Crippen LogP contribution in [0.25, 0.3) is 10.8 Å². The predicted octanol–water partition coefficient (Wildman–Crippen LogP) is 2.43. The van der Waals surface area contributed by atoms with Crippen molar-refractivity contribution in [2.45, 2.75) is 32.7 Å². The summed E-state index contributed by atoms with van der Waals surface area (Å²) < 4.78 is 6.99. The summed E-state index contributed by atoms with van der Waals surface area (Å²) in [4.78, 5) is 24.0. The van der Waals surface area contributed by atoms with E-state index in [9.17, 15) is 9.59 Å². The fourth-order valence-corrected chi connectivity index (χ4v) is 2.70. The first-order valence-electron chi connectivity index (χ1n) is 7.65. The predicted molar refractivity (Wildman–Crippen MR) is 91.0 cm³/mol. The van der Waals surface area contributed by atoms with Gasteiger partial charge < -0.3 is 10.2 Å². The minimum absolute atomic E-state index is 0.0868. The van der Waals surface area contributed by atoms with Crippen molar-refractivity contribution in [3.05, 3.63) is 64.0 Å². The molecule has 0 spiro atoms. The van der Waals surface area contributed by atoms with Crippen LogP contribution in [0.3, 0.4) is 0 Å². The fourth-order valence-electron chi connectivity index (χ4n) is 2.70. The summed E-state index contributed by atoms with van der Waals surface area (Å²) >= 11 is 0. The third-order valence-electron chi connectivity index (χ3n) is 3.81. The molecule has 3 aromatic rings. The Morgan fingerprint density at radius 2 is 2.00 bits per heavy atom. The molecule has 2 N–H and O–H groups in total. The van der Waals surface area contributed by atoms with Gasteiger partial charge in [-0.25, -0.2) is 4.68 Å². The molecule has 0 unspecified atom stereocenters. The molecule has 6 nitrogen and oxygen atoms in total. The number of amides is 1. The maximum absolute atomic E-state index is 12.6. The van der Waals surface area contributed by atoms with Gasteiger partial charge in [0.2, 0.25) is 0 Å². The lowest BCUT2D eigenvalue weighted by Crippen LogP contribution is -2.24. The quantitative estimate of drug-likeness (QED) is 0.800. The number of furan rings is 1. The summed E-state index contributed by atoms with van der Waals surface area (Å²) in [6.07, 6.45) is 1.66. The van der Waals surface area contributed by atoms with Crippen molar-refractivity contribution < 1.29 is 9.21 Å². The molecular formula is C18H19N3O3. The van der Waals surface area contributed by atoms with Crippen LogP contribution >= 0.6 is 0 Å². The smallest absolute Gasteiger partial charge is 0.284 e. The van der Waals surface area contributed by atoms with Gasteiger partial charge in [-0.1, -0.05) is 39.0 Å². The fraction of sp³-hybridized carbons (Fsp3) is 0.278. The largest absolute Gasteiger partial charge is 0.455 e. The van der Waals surface area contributed by atoms with E-state index >= 15 is 0 Å². The van der Waals surface area contributed by atoms with E-state index in [1.165, 1.54) is 4.68 Å². The number of fused-ring (bicyclic) bond motifs is 1. The van der Waals surface area contributed by atoms with Gasteiger partial charge in [-0.2, -0.15) is 5.10 Å². The number of nitrogens with two attached hydrogens (primary N) is 1. The zero-order valence-electron chi connectivity index (χ0n) is 13.9. The molecule has 1 aromatic carbocycles. The number of benzene rings is 1. The Morgan fingerprint density at radius 1 is 1.29 bits per heavy atom. The SMILES string of the molecule is CC(C)(C)c1oc(C(N)=O)cc1Cn1ncc2ccccc2c1=O.